The Morgan fingerprint density at radius 3 is 2.57 bits per heavy atom. The van der Waals surface area contributed by atoms with E-state index in [1.807, 2.05) is 24.3 Å². The molecule has 3 N–H and O–H groups in total. The van der Waals surface area contributed by atoms with E-state index in [4.69, 9.17) is 5.73 Å². The Labute approximate surface area is 139 Å². The van der Waals surface area contributed by atoms with Crippen LogP contribution in [0, 0.1) is 0 Å². The van der Waals surface area contributed by atoms with Crippen molar-refractivity contribution in [2.45, 2.75) is 20.3 Å². The number of nitrogen functional groups attached to an aromatic ring is 1. The smallest absolute Gasteiger partial charge is 0.247 e. The van der Waals surface area contributed by atoms with Crippen molar-refractivity contribution in [3.05, 3.63) is 34.8 Å². The van der Waals surface area contributed by atoms with Crippen LogP contribution in [0.15, 0.2) is 29.4 Å². The van der Waals surface area contributed by atoms with E-state index in [2.05, 4.69) is 39.5 Å². The topological polar surface area (TPSA) is 96.5 Å². The largest absolute Gasteiger partial charge is 0.374 e. The van der Waals surface area contributed by atoms with Gasteiger partial charge >= 0.3 is 0 Å². The lowest BCUT2D eigenvalue weighted by Gasteiger charge is -2.20. The Balaban J connectivity index is 1.86. The molecule has 0 unspecified atom stereocenters. The number of nitrogens with zero attached hydrogens (tertiary/aromatic N) is 4. The van der Waals surface area contributed by atoms with Gasteiger partial charge < -0.3 is 10.6 Å². The van der Waals surface area contributed by atoms with Gasteiger partial charge in [0, 0.05) is 18.8 Å². The summed E-state index contributed by atoms with van der Waals surface area (Å²) in [7, 11) is 0. The molecule has 0 radical (unpaired) electrons. The lowest BCUT2D eigenvalue weighted by atomic mass is 10.2. The summed E-state index contributed by atoms with van der Waals surface area (Å²) in [6, 6.07) is 8.02. The van der Waals surface area contributed by atoms with E-state index < -0.39 is 0 Å². The Morgan fingerprint density at radius 2 is 2.00 bits per heavy atom. The second kappa shape index (κ2) is 8.23. The first-order valence-electron chi connectivity index (χ1n) is 7.37. The third-order valence-electron chi connectivity index (χ3n) is 3.22. The van der Waals surface area contributed by atoms with Crippen LogP contribution in [-0.4, -0.2) is 35.4 Å². The van der Waals surface area contributed by atoms with Gasteiger partial charge in [-0.05, 0) is 31.5 Å². The average molecular weight is 332 g/mol. The molecule has 23 heavy (non-hydrogen) atoms. The monoisotopic (exact) mass is 332 g/mol. The molecule has 7 nitrogen and oxygen atoms in total. The maximum Gasteiger partial charge on any atom is 0.247 e. The molecule has 0 aliphatic carbocycles. The fraction of sp³-hybridized carbons (Fsp3) is 0.333. The molecular weight excluding hydrogens is 312 g/mol. The predicted molar refractivity (Wildman–Crippen MR) is 93.8 cm³/mol. The van der Waals surface area contributed by atoms with Gasteiger partial charge in [-0.2, -0.15) is 5.10 Å². The van der Waals surface area contributed by atoms with E-state index in [1.54, 1.807) is 6.21 Å². The zero-order valence-electron chi connectivity index (χ0n) is 13.2. The number of nitrogens with two attached hydrogens (primary N) is 1. The van der Waals surface area contributed by atoms with Crippen molar-refractivity contribution in [3.63, 3.8) is 0 Å². The normalized spacial score (nSPS) is 10.9. The molecule has 1 amide bonds. The van der Waals surface area contributed by atoms with E-state index in [-0.39, 0.29) is 12.3 Å². The number of nitrogens with one attached hydrogen (secondary N) is 1. The Kier molecular flexibility index (Phi) is 6.04. The van der Waals surface area contributed by atoms with Crippen molar-refractivity contribution in [2.24, 2.45) is 5.10 Å². The SMILES string of the molecule is CCN(CC)c1ccc(C=NNC(=O)Cc2nnc(N)s2)cc1. The fourth-order valence-corrected chi connectivity index (χ4v) is 2.66. The van der Waals surface area contributed by atoms with Gasteiger partial charge in [0.05, 0.1) is 12.6 Å². The highest BCUT2D eigenvalue weighted by Gasteiger charge is 2.07. The number of carbonyl (C=O) groups excluding carboxylic acids is 1. The standard InChI is InChI=1S/C15H20N6OS/c1-3-21(4-2)12-7-5-11(6-8-12)10-17-18-13(22)9-14-19-20-15(16)23-14/h5-8,10H,3-4,9H2,1-2H3,(H2,16,20)(H,18,22). The van der Waals surface area contributed by atoms with Crippen LogP contribution in [0.5, 0.6) is 0 Å². The zero-order chi connectivity index (χ0) is 16.7. The Bertz CT molecular complexity index is 663. The van der Waals surface area contributed by atoms with Crippen LogP contribution >= 0.6 is 11.3 Å². The number of amides is 1. The van der Waals surface area contributed by atoms with Crippen LogP contribution in [0.3, 0.4) is 0 Å². The first-order chi connectivity index (χ1) is 11.1. The molecule has 1 aromatic carbocycles. The van der Waals surface area contributed by atoms with Crippen LogP contribution in [0.1, 0.15) is 24.4 Å². The number of rotatable bonds is 7. The molecule has 1 heterocycles. The summed E-state index contributed by atoms with van der Waals surface area (Å²) in [5, 5.41) is 12.3. The maximum atomic E-state index is 11.7. The van der Waals surface area contributed by atoms with E-state index >= 15 is 0 Å². The second-order valence-electron chi connectivity index (χ2n) is 4.77. The number of carbonyl (C=O) groups is 1. The highest BCUT2D eigenvalue weighted by molar-refractivity contribution is 7.15. The van der Waals surface area contributed by atoms with Gasteiger partial charge in [-0.1, -0.05) is 23.5 Å². The van der Waals surface area contributed by atoms with Crippen molar-refractivity contribution >= 4 is 34.3 Å². The average Bonchev–Trinajstić information content (AvgIpc) is 2.95. The molecule has 122 valence electrons. The minimum Gasteiger partial charge on any atom is -0.374 e. The van der Waals surface area contributed by atoms with Gasteiger partial charge in [0.15, 0.2) is 0 Å². The van der Waals surface area contributed by atoms with Crippen molar-refractivity contribution < 1.29 is 4.79 Å². The lowest BCUT2D eigenvalue weighted by Crippen LogP contribution is -2.21. The van der Waals surface area contributed by atoms with Crippen LogP contribution in [0.25, 0.3) is 0 Å². The molecule has 8 heteroatoms. The molecule has 0 aliphatic rings. The lowest BCUT2D eigenvalue weighted by molar-refractivity contribution is -0.120. The van der Waals surface area contributed by atoms with E-state index in [1.165, 1.54) is 17.0 Å². The number of benzene rings is 1. The Hall–Kier alpha value is -2.48. The summed E-state index contributed by atoms with van der Waals surface area (Å²) < 4.78 is 0. The van der Waals surface area contributed by atoms with Gasteiger partial charge in [0.2, 0.25) is 11.0 Å². The van der Waals surface area contributed by atoms with Gasteiger partial charge in [-0.15, -0.1) is 10.2 Å². The molecule has 0 bridgehead atoms. The first-order valence-corrected chi connectivity index (χ1v) is 8.18. The molecule has 1 aromatic heterocycles. The van der Waals surface area contributed by atoms with Crippen LogP contribution in [0.4, 0.5) is 10.8 Å². The summed E-state index contributed by atoms with van der Waals surface area (Å²) in [5.41, 5.74) is 10.0. The van der Waals surface area contributed by atoms with Crippen molar-refractivity contribution in [1.82, 2.24) is 15.6 Å². The minimum absolute atomic E-state index is 0.118. The van der Waals surface area contributed by atoms with Gasteiger partial charge in [-0.3, -0.25) is 4.79 Å². The quantitative estimate of drug-likeness (QED) is 0.594. The Morgan fingerprint density at radius 1 is 1.30 bits per heavy atom. The molecule has 0 saturated heterocycles. The minimum atomic E-state index is -0.253. The van der Waals surface area contributed by atoms with E-state index in [0.29, 0.717) is 10.1 Å². The third kappa shape index (κ3) is 5.03. The molecule has 0 aliphatic heterocycles. The molecule has 0 saturated carbocycles. The molecule has 2 rings (SSSR count). The number of aromatic nitrogens is 2. The summed E-state index contributed by atoms with van der Waals surface area (Å²) in [4.78, 5) is 14.0. The van der Waals surface area contributed by atoms with Crippen molar-refractivity contribution in [1.29, 1.82) is 0 Å². The molecule has 0 fully saturated rings. The van der Waals surface area contributed by atoms with Crippen LogP contribution < -0.4 is 16.1 Å². The van der Waals surface area contributed by atoms with Crippen LogP contribution in [-0.2, 0) is 11.2 Å². The first kappa shape index (κ1) is 16.9. The predicted octanol–water partition coefficient (Wildman–Crippen LogP) is 1.66. The summed E-state index contributed by atoms with van der Waals surface area (Å²) in [6.07, 6.45) is 1.73. The molecule has 0 atom stereocenters. The number of hydrogen-bond acceptors (Lipinski definition) is 7. The van der Waals surface area contributed by atoms with E-state index in [9.17, 15) is 4.79 Å². The summed E-state index contributed by atoms with van der Waals surface area (Å²) in [6.45, 7) is 6.19. The summed E-state index contributed by atoms with van der Waals surface area (Å²) in [5.74, 6) is -0.253. The molecular formula is C15H20N6OS. The number of anilines is 2. The highest BCUT2D eigenvalue weighted by atomic mass is 32.1. The number of hydrogen-bond donors (Lipinski definition) is 2. The van der Waals surface area contributed by atoms with Gasteiger partial charge in [-0.25, -0.2) is 5.43 Å². The highest BCUT2D eigenvalue weighted by Crippen LogP contribution is 2.14. The van der Waals surface area contributed by atoms with Crippen molar-refractivity contribution in [3.8, 4) is 0 Å². The molecule has 2 aromatic rings. The maximum absolute atomic E-state index is 11.7. The third-order valence-corrected chi connectivity index (χ3v) is 3.97. The van der Waals surface area contributed by atoms with Gasteiger partial charge in [0.25, 0.3) is 0 Å². The van der Waals surface area contributed by atoms with Crippen molar-refractivity contribution in [2.75, 3.05) is 23.7 Å². The fourth-order valence-electron chi connectivity index (χ4n) is 2.05. The zero-order valence-corrected chi connectivity index (χ0v) is 14.0. The second-order valence-corrected chi connectivity index (χ2v) is 5.86. The van der Waals surface area contributed by atoms with Gasteiger partial charge in [0.1, 0.15) is 5.01 Å². The molecule has 0 spiro atoms. The summed E-state index contributed by atoms with van der Waals surface area (Å²) >= 11 is 1.19. The van der Waals surface area contributed by atoms with Crippen LogP contribution in [0.2, 0.25) is 0 Å². The number of hydrazone groups is 1. The van der Waals surface area contributed by atoms with E-state index in [0.717, 1.165) is 18.7 Å².